The maximum atomic E-state index is 9.94. The van der Waals surface area contributed by atoms with Crippen LogP contribution in [0.4, 0.5) is 5.82 Å². The van der Waals surface area contributed by atoms with Gasteiger partial charge in [-0.3, -0.25) is 0 Å². The van der Waals surface area contributed by atoms with E-state index in [9.17, 15) is 10.2 Å². The molecule has 0 bridgehead atoms. The number of aliphatic hydroxyl groups excluding tert-OH is 3. The van der Waals surface area contributed by atoms with E-state index in [4.69, 9.17) is 15.6 Å². The Morgan fingerprint density at radius 2 is 2.11 bits per heavy atom. The third-order valence-corrected chi connectivity index (χ3v) is 3.18. The van der Waals surface area contributed by atoms with Gasteiger partial charge in [-0.15, -0.1) is 0 Å². The van der Waals surface area contributed by atoms with Gasteiger partial charge in [0.15, 0.2) is 11.9 Å². The highest BCUT2D eigenvalue weighted by Crippen LogP contribution is 2.31. The molecule has 2 aromatic heterocycles. The molecule has 102 valence electrons. The first-order valence-corrected chi connectivity index (χ1v) is 5.69. The third-order valence-electron chi connectivity index (χ3n) is 3.18. The highest BCUT2D eigenvalue weighted by molar-refractivity contribution is 5.84. The number of nitrogens with two attached hydrogens (primary N) is 1. The molecule has 0 aromatic carbocycles. The molecule has 4 atom stereocenters. The normalized spacial score (nSPS) is 31.1. The zero-order valence-corrected chi connectivity index (χ0v) is 9.79. The van der Waals surface area contributed by atoms with Gasteiger partial charge in [0.25, 0.3) is 0 Å². The van der Waals surface area contributed by atoms with Crippen molar-refractivity contribution in [2.45, 2.75) is 24.5 Å². The molecule has 0 saturated carbocycles. The van der Waals surface area contributed by atoms with E-state index in [2.05, 4.69) is 15.1 Å². The predicted molar refractivity (Wildman–Crippen MR) is 62.7 cm³/mol. The van der Waals surface area contributed by atoms with Gasteiger partial charge in [0.05, 0.1) is 18.2 Å². The lowest BCUT2D eigenvalue weighted by atomic mass is 10.1. The molecule has 9 heteroatoms. The average Bonchev–Trinajstić information content (AvgIpc) is 2.94. The van der Waals surface area contributed by atoms with Crippen LogP contribution in [0.15, 0.2) is 12.5 Å². The average molecular weight is 267 g/mol. The van der Waals surface area contributed by atoms with Crippen molar-refractivity contribution in [3.63, 3.8) is 0 Å². The molecule has 2 aromatic rings. The molecular formula is C10H13N5O4. The molecule has 0 radical (unpaired) electrons. The quantitative estimate of drug-likeness (QED) is 0.491. The molecule has 19 heavy (non-hydrogen) atoms. The smallest absolute Gasteiger partial charge is 0.181 e. The van der Waals surface area contributed by atoms with Crippen molar-refractivity contribution in [2.75, 3.05) is 12.3 Å². The van der Waals surface area contributed by atoms with E-state index >= 15 is 0 Å². The molecule has 0 spiro atoms. The molecule has 1 saturated heterocycles. The number of hydrogen-bond donors (Lipinski definition) is 4. The van der Waals surface area contributed by atoms with Crippen LogP contribution in [-0.4, -0.2) is 60.0 Å². The Kier molecular flexibility index (Phi) is 2.82. The molecule has 1 fully saturated rings. The molecule has 3 rings (SSSR count). The zero-order valence-electron chi connectivity index (χ0n) is 9.79. The summed E-state index contributed by atoms with van der Waals surface area (Å²) in [5.41, 5.74) is 6.08. The second kappa shape index (κ2) is 4.38. The van der Waals surface area contributed by atoms with Crippen LogP contribution < -0.4 is 5.73 Å². The first-order valence-electron chi connectivity index (χ1n) is 5.69. The fourth-order valence-electron chi connectivity index (χ4n) is 2.15. The van der Waals surface area contributed by atoms with Gasteiger partial charge in [0, 0.05) is 0 Å². The van der Waals surface area contributed by atoms with Gasteiger partial charge in [0.2, 0.25) is 0 Å². The second-order valence-electron chi connectivity index (χ2n) is 4.31. The van der Waals surface area contributed by atoms with Crippen molar-refractivity contribution < 1.29 is 20.1 Å². The van der Waals surface area contributed by atoms with Crippen LogP contribution in [0.1, 0.15) is 6.23 Å². The minimum Gasteiger partial charge on any atom is -0.394 e. The Balaban J connectivity index is 2.04. The number of aliphatic hydroxyl groups is 3. The summed E-state index contributed by atoms with van der Waals surface area (Å²) in [6.45, 7) is -0.398. The predicted octanol–water partition coefficient (Wildman–Crippen LogP) is -1.98. The molecule has 5 N–H and O–H groups in total. The van der Waals surface area contributed by atoms with Gasteiger partial charge in [-0.2, -0.15) is 5.10 Å². The van der Waals surface area contributed by atoms with Crippen LogP contribution >= 0.6 is 0 Å². The summed E-state index contributed by atoms with van der Waals surface area (Å²) >= 11 is 0. The minimum absolute atomic E-state index is 0.267. The van der Waals surface area contributed by atoms with Gasteiger partial charge in [-0.05, 0) is 0 Å². The largest absolute Gasteiger partial charge is 0.394 e. The van der Waals surface area contributed by atoms with E-state index in [1.54, 1.807) is 0 Å². The van der Waals surface area contributed by atoms with Gasteiger partial charge < -0.3 is 25.8 Å². The summed E-state index contributed by atoms with van der Waals surface area (Å²) in [6.07, 6.45) is -1.46. The SMILES string of the molecule is Nc1ncnc2c1cnn2[C@H]1O[C@@H](CO)[C@@H](O)[C@@H]1O. The van der Waals surface area contributed by atoms with Crippen molar-refractivity contribution in [1.29, 1.82) is 0 Å². The standard InChI is InChI=1S/C10H13N5O4/c11-8-4-1-14-15(9(4)13-3-12-8)10-7(18)6(17)5(2-16)19-10/h1,3,5-7,10,16-18H,2H2,(H2,11,12,13)/t5-,6+,7-,10-/m0/s1. The maximum absolute atomic E-state index is 9.94. The van der Waals surface area contributed by atoms with Gasteiger partial charge in [0.1, 0.15) is 30.5 Å². The van der Waals surface area contributed by atoms with Crippen LogP contribution in [0.2, 0.25) is 0 Å². The summed E-state index contributed by atoms with van der Waals surface area (Å²) in [6, 6.07) is 0. The van der Waals surface area contributed by atoms with Crippen molar-refractivity contribution in [3.05, 3.63) is 12.5 Å². The molecule has 9 nitrogen and oxygen atoms in total. The Morgan fingerprint density at radius 3 is 2.79 bits per heavy atom. The van der Waals surface area contributed by atoms with Crippen LogP contribution in [-0.2, 0) is 4.74 Å². The zero-order chi connectivity index (χ0) is 13.6. The lowest BCUT2D eigenvalue weighted by Crippen LogP contribution is -2.33. The minimum atomic E-state index is -1.21. The van der Waals surface area contributed by atoms with Crippen LogP contribution in [0.3, 0.4) is 0 Å². The molecule has 0 unspecified atom stereocenters. The molecule has 1 aliphatic rings. The van der Waals surface area contributed by atoms with Gasteiger partial charge in [-0.25, -0.2) is 14.6 Å². The van der Waals surface area contributed by atoms with E-state index in [-0.39, 0.29) is 5.82 Å². The Morgan fingerprint density at radius 1 is 1.32 bits per heavy atom. The number of fused-ring (bicyclic) bond motifs is 1. The fourth-order valence-corrected chi connectivity index (χ4v) is 2.15. The molecule has 0 amide bonds. The Bertz CT molecular complexity index is 603. The van der Waals surface area contributed by atoms with Crippen molar-refractivity contribution in [3.8, 4) is 0 Å². The monoisotopic (exact) mass is 267 g/mol. The van der Waals surface area contributed by atoms with E-state index in [1.165, 1.54) is 17.2 Å². The van der Waals surface area contributed by atoms with E-state index in [1.807, 2.05) is 0 Å². The number of ether oxygens (including phenoxy) is 1. The summed E-state index contributed by atoms with van der Waals surface area (Å²) in [4.78, 5) is 7.86. The van der Waals surface area contributed by atoms with Crippen LogP contribution in [0.25, 0.3) is 11.0 Å². The van der Waals surface area contributed by atoms with Crippen molar-refractivity contribution in [2.24, 2.45) is 0 Å². The van der Waals surface area contributed by atoms with E-state index in [0.29, 0.717) is 11.0 Å². The Hall–Kier alpha value is -1.81. The first kappa shape index (κ1) is 12.2. The number of nitrogens with zero attached hydrogens (tertiary/aromatic N) is 4. The van der Waals surface area contributed by atoms with Crippen molar-refractivity contribution in [1.82, 2.24) is 19.7 Å². The lowest BCUT2D eigenvalue weighted by molar-refractivity contribution is -0.0566. The molecule has 0 aliphatic carbocycles. The summed E-state index contributed by atoms with van der Waals surface area (Å²) < 4.78 is 6.69. The topological polar surface area (TPSA) is 140 Å². The highest BCUT2D eigenvalue weighted by atomic mass is 16.6. The number of rotatable bonds is 2. The fraction of sp³-hybridized carbons (Fsp3) is 0.500. The summed E-state index contributed by atoms with van der Waals surface area (Å²) in [5, 5.41) is 33.3. The van der Waals surface area contributed by atoms with E-state index < -0.39 is 31.1 Å². The number of nitrogen functional groups attached to an aromatic ring is 1. The number of anilines is 1. The van der Waals surface area contributed by atoms with Crippen LogP contribution in [0, 0.1) is 0 Å². The first-order chi connectivity index (χ1) is 9.13. The van der Waals surface area contributed by atoms with Crippen molar-refractivity contribution >= 4 is 16.9 Å². The lowest BCUT2D eigenvalue weighted by Gasteiger charge is -2.15. The van der Waals surface area contributed by atoms with Gasteiger partial charge >= 0.3 is 0 Å². The van der Waals surface area contributed by atoms with Crippen LogP contribution in [0.5, 0.6) is 0 Å². The molecular weight excluding hydrogens is 254 g/mol. The molecule has 1 aliphatic heterocycles. The van der Waals surface area contributed by atoms with Gasteiger partial charge in [-0.1, -0.05) is 0 Å². The summed E-state index contributed by atoms with van der Waals surface area (Å²) in [7, 11) is 0. The van der Waals surface area contributed by atoms with E-state index in [0.717, 1.165) is 0 Å². The summed E-state index contributed by atoms with van der Waals surface area (Å²) in [5.74, 6) is 0.267. The Labute approximate surface area is 107 Å². The molecule has 3 heterocycles. The highest BCUT2D eigenvalue weighted by Gasteiger charge is 2.44. The number of aromatic nitrogens is 4. The number of hydrogen-bond acceptors (Lipinski definition) is 8. The second-order valence-corrected chi connectivity index (χ2v) is 4.31. The maximum Gasteiger partial charge on any atom is 0.181 e. The third kappa shape index (κ3) is 1.75.